The van der Waals surface area contributed by atoms with Gasteiger partial charge in [0, 0.05) is 6.07 Å². The van der Waals surface area contributed by atoms with Gasteiger partial charge < -0.3 is 22.4 Å². The van der Waals surface area contributed by atoms with Crippen molar-refractivity contribution in [1.82, 2.24) is 0 Å². The van der Waals surface area contributed by atoms with E-state index in [9.17, 15) is 30.5 Å². The van der Waals surface area contributed by atoms with E-state index in [1.165, 1.54) is 0 Å². The van der Waals surface area contributed by atoms with Crippen LogP contribution in [0.3, 0.4) is 0 Å². The van der Waals surface area contributed by atoms with Crippen molar-refractivity contribution in [3.8, 4) is 5.75 Å². The van der Waals surface area contributed by atoms with Gasteiger partial charge in [-0.1, -0.05) is 11.5 Å². The fourth-order valence-corrected chi connectivity index (χ4v) is 1.17. The topological polar surface area (TPSA) is 18.5 Å². The van der Waals surface area contributed by atoms with Crippen LogP contribution in [0.25, 0.3) is 0 Å². The molecule has 2 nitrogen and oxygen atoms in total. The van der Waals surface area contributed by atoms with Gasteiger partial charge in [0.05, 0.1) is 5.75 Å². The summed E-state index contributed by atoms with van der Waals surface area (Å²) in [6, 6.07) is 1.46. The number of hydrogen-bond acceptors (Lipinski definition) is 2. The van der Waals surface area contributed by atoms with E-state index in [2.05, 4.69) is 9.47 Å². The number of benzene rings is 1. The van der Waals surface area contributed by atoms with Crippen molar-refractivity contribution in [2.75, 3.05) is 13.4 Å². The summed E-state index contributed by atoms with van der Waals surface area (Å²) in [4.78, 5) is 0. The Morgan fingerprint density at radius 2 is 1.70 bits per heavy atom. The zero-order chi connectivity index (χ0) is 14.7. The zero-order valence-electron chi connectivity index (χ0n) is 10.2. The standard InChI is InChI=1S/C9H7BF7O2.K/c11-6-1-2-7(10(15,16)17)8(3-6)19-5-18-4-9(12,13)14;/h1-3H,4-5H2;/q-1;+1. The van der Waals surface area contributed by atoms with Gasteiger partial charge in [-0.2, -0.15) is 13.2 Å². The summed E-state index contributed by atoms with van der Waals surface area (Å²) in [5.74, 6) is -1.91. The molecule has 0 aliphatic heterocycles. The Balaban J connectivity index is 0.00000361. The minimum atomic E-state index is -5.47. The predicted octanol–water partition coefficient (Wildman–Crippen LogP) is -0.201. The molecule has 0 saturated heterocycles. The Labute approximate surface area is 152 Å². The summed E-state index contributed by atoms with van der Waals surface area (Å²) in [7, 11) is 0. The van der Waals surface area contributed by atoms with Crippen molar-refractivity contribution in [2.24, 2.45) is 0 Å². The maximum Gasteiger partial charge on any atom is 1.00 e. The van der Waals surface area contributed by atoms with Crippen molar-refractivity contribution in [3.05, 3.63) is 24.0 Å². The molecule has 1 aromatic carbocycles. The molecule has 0 saturated carbocycles. The van der Waals surface area contributed by atoms with E-state index in [0.29, 0.717) is 18.2 Å². The average molecular weight is 330 g/mol. The van der Waals surface area contributed by atoms with Crippen molar-refractivity contribution in [1.29, 1.82) is 0 Å². The van der Waals surface area contributed by atoms with Gasteiger partial charge in [0.15, 0.2) is 6.79 Å². The van der Waals surface area contributed by atoms with E-state index in [4.69, 9.17) is 0 Å². The third kappa shape index (κ3) is 7.27. The van der Waals surface area contributed by atoms with Crippen molar-refractivity contribution in [3.63, 3.8) is 0 Å². The summed E-state index contributed by atoms with van der Waals surface area (Å²) >= 11 is 0. The number of alkyl halides is 3. The van der Waals surface area contributed by atoms with Crippen LogP contribution in [0.15, 0.2) is 18.2 Å². The minimum Gasteiger partial charge on any atom is -0.470 e. The second-order valence-corrected chi connectivity index (χ2v) is 3.48. The van der Waals surface area contributed by atoms with E-state index in [1.807, 2.05) is 0 Å². The molecule has 0 unspecified atom stereocenters. The summed E-state index contributed by atoms with van der Waals surface area (Å²) in [5, 5.41) is 0. The second-order valence-electron chi connectivity index (χ2n) is 3.48. The van der Waals surface area contributed by atoms with Gasteiger partial charge in [-0.15, -0.1) is 0 Å². The van der Waals surface area contributed by atoms with Crippen molar-refractivity contribution >= 4 is 12.4 Å². The van der Waals surface area contributed by atoms with Crippen molar-refractivity contribution < 1.29 is 91.4 Å². The van der Waals surface area contributed by atoms with Crippen LogP contribution in [0.2, 0.25) is 0 Å². The quantitative estimate of drug-likeness (QED) is 0.322. The molecular formula is C9H7BF7KO2. The first-order valence-corrected chi connectivity index (χ1v) is 4.86. The van der Waals surface area contributed by atoms with E-state index >= 15 is 0 Å². The van der Waals surface area contributed by atoms with E-state index in [1.54, 1.807) is 0 Å². The fourth-order valence-electron chi connectivity index (χ4n) is 1.17. The van der Waals surface area contributed by atoms with Gasteiger partial charge in [0.25, 0.3) is 0 Å². The first kappa shape index (κ1) is 20.2. The predicted molar refractivity (Wildman–Crippen MR) is 52.6 cm³/mol. The van der Waals surface area contributed by atoms with Gasteiger partial charge >= 0.3 is 64.5 Å². The zero-order valence-corrected chi connectivity index (χ0v) is 13.3. The van der Waals surface area contributed by atoms with Crippen LogP contribution in [0.1, 0.15) is 0 Å². The first-order chi connectivity index (χ1) is 8.59. The number of ether oxygens (including phenoxy) is 2. The smallest absolute Gasteiger partial charge is 0.470 e. The molecule has 20 heavy (non-hydrogen) atoms. The normalized spacial score (nSPS) is 11.9. The third-order valence-corrected chi connectivity index (χ3v) is 1.89. The van der Waals surface area contributed by atoms with Crippen LogP contribution in [-0.4, -0.2) is 26.6 Å². The molecule has 0 amide bonds. The second kappa shape index (κ2) is 7.99. The van der Waals surface area contributed by atoms with Gasteiger partial charge in [-0.05, 0) is 6.07 Å². The number of halogens is 7. The van der Waals surface area contributed by atoms with Crippen LogP contribution < -0.4 is 61.6 Å². The van der Waals surface area contributed by atoms with Gasteiger partial charge in [0.2, 0.25) is 0 Å². The molecule has 0 spiro atoms. The van der Waals surface area contributed by atoms with Crippen LogP contribution in [0.5, 0.6) is 5.75 Å². The molecule has 0 bridgehead atoms. The molecule has 0 aliphatic rings. The van der Waals surface area contributed by atoms with E-state index in [-0.39, 0.29) is 51.4 Å². The van der Waals surface area contributed by atoms with Crippen LogP contribution in [0.4, 0.5) is 30.5 Å². The Kier molecular flexibility index (Phi) is 8.07. The van der Waals surface area contributed by atoms with Crippen molar-refractivity contribution in [2.45, 2.75) is 6.18 Å². The van der Waals surface area contributed by atoms with Crippen LogP contribution in [0, 0.1) is 5.82 Å². The molecular weight excluding hydrogens is 323 g/mol. The third-order valence-electron chi connectivity index (χ3n) is 1.89. The molecule has 0 aromatic heterocycles. The van der Waals surface area contributed by atoms with Gasteiger partial charge in [0.1, 0.15) is 12.4 Å². The van der Waals surface area contributed by atoms with E-state index in [0.717, 1.165) is 0 Å². The Hall–Kier alpha value is 0.191. The van der Waals surface area contributed by atoms with Gasteiger partial charge in [-0.3, -0.25) is 0 Å². The molecule has 0 N–H and O–H groups in total. The molecule has 1 aromatic rings. The molecule has 0 aliphatic carbocycles. The summed E-state index contributed by atoms with van der Waals surface area (Å²) in [5.41, 5.74) is -1.24. The molecule has 0 fully saturated rings. The first-order valence-electron chi connectivity index (χ1n) is 4.86. The summed E-state index contributed by atoms with van der Waals surface area (Å²) in [6.07, 6.45) is -4.62. The minimum absolute atomic E-state index is 0. The average Bonchev–Trinajstić information content (AvgIpc) is 2.21. The molecule has 1 rings (SSSR count). The monoisotopic (exact) mass is 330 g/mol. The molecule has 0 heterocycles. The molecule has 11 heteroatoms. The maximum absolute atomic E-state index is 12.8. The van der Waals surface area contributed by atoms with Crippen LogP contribution >= 0.6 is 0 Å². The Morgan fingerprint density at radius 1 is 1.10 bits per heavy atom. The fraction of sp³-hybridized carbons (Fsp3) is 0.333. The molecule has 108 valence electrons. The largest absolute Gasteiger partial charge is 1.00 e. The number of hydrogen-bond donors (Lipinski definition) is 0. The van der Waals surface area contributed by atoms with Crippen LogP contribution in [-0.2, 0) is 4.74 Å². The number of rotatable bonds is 5. The van der Waals surface area contributed by atoms with E-state index < -0.39 is 43.6 Å². The Bertz CT molecular complexity index is 435. The maximum atomic E-state index is 12.8. The molecule has 0 radical (unpaired) electrons. The molecule has 0 atom stereocenters. The van der Waals surface area contributed by atoms with Gasteiger partial charge in [-0.25, -0.2) is 4.39 Å². The Morgan fingerprint density at radius 3 is 2.20 bits per heavy atom. The summed E-state index contributed by atoms with van der Waals surface area (Å²) < 4.78 is 93.8. The summed E-state index contributed by atoms with van der Waals surface area (Å²) in [6.45, 7) is -8.21. The SMILES string of the molecule is Fc1ccc([B-](F)(F)F)c(OCOCC(F)(F)F)c1.[K+].